The van der Waals surface area contributed by atoms with Crippen molar-refractivity contribution in [3.05, 3.63) is 21.9 Å². The summed E-state index contributed by atoms with van der Waals surface area (Å²) in [5, 5.41) is 3.60. The Balaban J connectivity index is 1.44. The molecule has 1 N–H and O–H groups in total. The van der Waals surface area contributed by atoms with Crippen LogP contribution in [-0.4, -0.2) is 36.7 Å². The molecule has 1 unspecified atom stereocenters. The van der Waals surface area contributed by atoms with Gasteiger partial charge >= 0.3 is 0 Å². The van der Waals surface area contributed by atoms with E-state index in [2.05, 4.69) is 29.3 Å². The molecule has 1 aromatic heterocycles. The molecule has 0 amide bonds. The third-order valence-electron chi connectivity index (χ3n) is 4.26. The summed E-state index contributed by atoms with van der Waals surface area (Å²) in [7, 11) is 0. The minimum atomic E-state index is 0.453. The fourth-order valence-corrected chi connectivity index (χ4v) is 3.94. The molecule has 2 heterocycles. The number of nitrogens with zero attached hydrogens (tertiary/aromatic N) is 1. The lowest BCUT2D eigenvalue weighted by Gasteiger charge is -2.32. The minimum Gasteiger partial charge on any atom is -0.377 e. The molecule has 21 heavy (non-hydrogen) atoms. The predicted molar refractivity (Wildman–Crippen MR) is 88.7 cm³/mol. The van der Waals surface area contributed by atoms with E-state index in [-0.39, 0.29) is 0 Å². The fourth-order valence-electron chi connectivity index (χ4n) is 2.93. The minimum absolute atomic E-state index is 0.453. The number of likely N-dealkylation sites (tertiary alicyclic amines) is 1. The maximum Gasteiger partial charge on any atom is 0.0702 e. The molecule has 2 fully saturated rings. The maximum atomic E-state index is 5.93. The Morgan fingerprint density at radius 1 is 1.29 bits per heavy atom. The quantitative estimate of drug-likeness (QED) is 0.796. The van der Waals surface area contributed by atoms with Gasteiger partial charge in [-0.2, -0.15) is 0 Å². The van der Waals surface area contributed by atoms with Crippen LogP contribution in [0.4, 0.5) is 0 Å². The summed E-state index contributed by atoms with van der Waals surface area (Å²) >= 11 is 1.97. The van der Waals surface area contributed by atoms with Gasteiger partial charge in [-0.05, 0) is 50.8 Å². The lowest BCUT2D eigenvalue weighted by atomic mass is 10.1. The normalized spacial score (nSPS) is 23.6. The van der Waals surface area contributed by atoms with Crippen LogP contribution in [0.5, 0.6) is 0 Å². The summed E-state index contributed by atoms with van der Waals surface area (Å²) in [6.45, 7) is 7.57. The van der Waals surface area contributed by atoms with E-state index in [4.69, 9.17) is 4.74 Å². The molecule has 1 atom stereocenters. The number of piperidine rings is 1. The van der Waals surface area contributed by atoms with Gasteiger partial charge in [0, 0.05) is 42.0 Å². The van der Waals surface area contributed by atoms with Gasteiger partial charge in [0.05, 0.1) is 6.10 Å². The molecule has 3 nitrogen and oxygen atoms in total. The van der Waals surface area contributed by atoms with Gasteiger partial charge in [0.25, 0.3) is 0 Å². The molecule has 1 aromatic rings. The molecular weight excluding hydrogens is 280 g/mol. The van der Waals surface area contributed by atoms with Crippen LogP contribution < -0.4 is 5.32 Å². The Bertz CT molecular complexity index is 430. The van der Waals surface area contributed by atoms with Crippen molar-refractivity contribution in [3.63, 3.8) is 0 Å². The molecule has 1 saturated heterocycles. The summed E-state index contributed by atoms with van der Waals surface area (Å²) in [5.41, 5.74) is 0. The van der Waals surface area contributed by atoms with Gasteiger partial charge in [0.1, 0.15) is 0 Å². The van der Waals surface area contributed by atoms with Gasteiger partial charge in [-0.1, -0.05) is 6.92 Å². The van der Waals surface area contributed by atoms with E-state index in [0.29, 0.717) is 6.10 Å². The van der Waals surface area contributed by atoms with Crippen LogP contribution in [-0.2, 0) is 17.8 Å². The van der Waals surface area contributed by atoms with Crippen LogP contribution in [0.25, 0.3) is 0 Å². The second-order valence-electron chi connectivity index (χ2n) is 6.39. The second kappa shape index (κ2) is 7.73. The molecule has 118 valence electrons. The van der Waals surface area contributed by atoms with E-state index in [0.717, 1.165) is 38.7 Å². The molecular formula is C17H28N2OS. The first-order valence-electron chi connectivity index (χ1n) is 8.48. The van der Waals surface area contributed by atoms with E-state index in [9.17, 15) is 0 Å². The highest BCUT2D eigenvalue weighted by molar-refractivity contribution is 7.11. The number of nitrogens with one attached hydrogen (secondary N) is 1. The molecule has 3 rings (SSSR count). The topological polar surface area (TPSA) is 24.5 Å². The zero-order valence-corrected chi connectivity index (χ0v) is 14.0. The van der Waals surface area contributed by atoms with Crippen molar-refractivity contribution in [2.75, 3.05) is 19.7 Å². The summed E-state index contributed by atoms with van der Waals surface area (Å²) in [4.78, 5) is 5.54. The van der Waals surface area contributed by atoms with Crippen molar-refractivity contribution in [3.8, 4) is 0 Å². The van der Waals surface area contributed by atoms with Gasteiger partial charge in [0.2, 0.25) is 0 Å². The van der Waals surface area contributed by atoms with E-state index in [1.165, 1.54) is 42.0 Å². The molecule has 0 bridgehead atoms. The van der Waals surface area contributed by atoms with Crippen molar-refractivity contribution < 1.29 is 4.74 Å². The molecule has 0 radical (unpaired) electrons. The van der Waals surface area contributed by atoms with Crippen molar-refractivity contribution >= 4 is 11.3 Å². The van der Waals surface area contributed by atoms with Crippen LogP contribution in [0.2, 0.25) is 0 Å². The number of rotatable bonds is 8. The van der Waals surface area contributed by atoms with Crippen molar-refractivity contribution in [1.29, 1.82) is 0 Å². The zero-order chi connectivity index (χ0) is 14.5. The zero-order valence-electron chi connectivity index (χ0n) is 13.1. The van der Waals surface area contributed by atoms with Crippen LogP contribution in [0, 0.1) is 0 Å². The Labute approximate surface area is 132 Å². The van der Waals surface area contributed by atoms with Gasteiger partial charge in [-0.15, -0.1) is 11.3 Å². The molecule has 0 spiro atoms. The smallest absolute Gasteiger partial charge is 0.0702 e. The van der Waals surface area contributed by atoms with E-state index in [1.54, 1.807) is 0 Å². The molecule has 2 aliphatic rings. The van der Waals surface area contributed by atoms with E-state index < -0.39 is 0 Å². The van der Waals surface area contributed by atoms with E-state index >= 15 is 0 Å². The average molecular weight is 308 g/mol. The Kier molecular flexibility index (Phi) is 5.69. The number of thiophene rings is 1. The largest absolute Gasteiger partial charge is 0.377 e. The van der Waals surface area contributed by atoms with Crippen LogP contribution in [0.15, 0.2) is 12.1 Å². The third kappa shape index (κ3) is 5.06. The first-order chi connectivity index (χ1) is 10.3. The first kappa shape index (κ1) is 15.5. The monoisotopic (exact) mass is 308 g/mol. The lowest BCUT2D eigenvalue weighted by molar-refractivity contribution is -0.00197. The van der Waals surface area contributed by atoms with Crippen molar-refractivity contribution in [2.24, 2.45) is 0 Å². The van der Waals surface area contributed by atoms with E-state index in [1.807, 2.05) is 11.3 Å². The lowest BCUT2D eigenvalue weighted by Crippen LogP contribution is -2.39. The second-order valence-corrected chi connectivity index (χ2v) is 7.65. The average Bonchev–Trinajstić information content (AvgIpc) is 3.23. The Hall–Kier alpha value is -0.420. The Morgan fingerprint density at radius 3 is 2.95 bits per heavy atom. The SMILES string of the molecule is CCCOC1CCCN(Cc2ccc(CNC3CC3)s2)C1. The number of hydrogen-bond acceptors (Lipinski definition) is 4. The Morgan fingerprint density at radius 2 is 2.14 bits per heavy atom. The third-order valence-corrected chi connectivity index (χ3v) is 5.33. The van der Waals surface area contributed by atoms with Crippen LogP contribution in [0.3, 0.4) is 0 Å². The molecule has 0 aromatic carbocycles. The van der Waals surface area contributed by atoms with Crippen molar-refractivity contribution in [2.45, 2.75) is 64.3 Å². The summed E-state index contributed by atoms with van der Waals surface area (Å²) < 4.78 is 5.93. The standard InChI is InChI=1S/C17H28N2OS/c1-2-10-20-15-4-3-9-19(12-15)13-17-8-7-16(21-17)11-18-14-5-6-14/h7-8,14-15,18H,2-6,9-13H2,1H3. The molecule has 4 heteroatoms. The van der Waals surface area contributed by atoms with Crippen molar-refractivity contribution in [1.82, 2.24) is 10.2 Å². The molecule has 1 aliphatic heterocycles. The molecule has 1 saturated carbocycles. The van der Waals surface area contributed by atoms with Crippen LogP contribution in [0.1, 0.15) is 48.8 Å². The predicted octanol–water partition coefficient (Wildman–Crippen LogP) is 3.39. The van der Waals surface area contributed by atoms with Gasteiger partial charge in [0.15, 0.2) is 0 Å². The van der Waals surface area contributed by atoms with Crippen LogP contribution >= 0.6 is 11.3 Å². The highest BCUT2D eigenvalue weighted by Crippen LogP contribution is 2.23. The first-order valence-corrected chi connectivity index (χ1v) is 9.30. The summed E-state index contributed by atoms with van der Waals surface area (Å²) in [6, 6.07) is 5.41. The maximum absolute atomic E-state index is 5.93. The van der Waals surface area contributed by atoms with Gasteiger partial charge in [-0.25, -0.2) is 0 Å². The highest BCUT2D eigenvalue weighted by atomic mass is 32.1. The molecule has 1 aliphatic carbocycles. The number of hydrogen-bond donors (Lipinski definition) is 1. The summed E-state index contributed by atoms with van der Waals surface area (Å²) in [6.07, 6.45) is 6.82. The van der Waals surface area contributed by atoms with Gasteiger partial charge < -0.3 is 10.1 Å². The summed E-state index contributed by atoms with van der Waals surface area (Å²) in [5.74, 6) is 0. The number of ether oxygens (including phenoxy) is 1. The van der Waals surface area contributed by atoms with Gasteiger partial charge in [-0.3, -0.25) is 4.90 Å². The highest BCUT2D eigenvalue weighted by Gasteiger charge is 2.22. The fraction of sp³-hybridized carbons (Fsp3) is 0.765.